The van der Waals surface area contributed by atoms with Crippen molar-refractivity contribution in [3.05, 3.63) is 107 Å². The van der Waals surface area contributed by atoms with Gasteiger partial charge in [0.15, 0.2) is 0 Å². The largest absolute Gasteiger partial charge is 0.494 e. The van der Waals surface area contributed by atoms with Crippen molar-refractivity contribution in [2.24, 2.45) is 0 Å². The zero-order valence-electron chi connectivity index (χ0n) is 19.1. The number of carbonyl (C=O) groups is 1. The van der Waals surface area contributed by atoms with Crippen LogP contribution < -0.4 is 14.8 Å². The number of hydrogen-bond acceptors (Lipinski definition) is 4. The molecule has 0 radical (unpaired) electrons. The lowest BCUT2D eigenvalue weighted by Gasteiger charge is -2.13. The summed E-state index contributed by atoms with van der Waals surface area (Å²) in [5.74, 6) is 0.287. The highest BCUT2D eigenvalue weighted by molar-refractivity contribution is 6.11. The fourth-order valence-corrected chi connectivity index (χ4v) is 3.63. The topological polar surface area (TPSA) is 71.3 Å². The monoisotopic (exact) mass is 466 g/mol. The summed E-state index contributed by atoms with van der Waals surface area (Å²) in [5, 5.41) is 14.3. The highest BCUT2D eigenvalue weighted by Gasteiger charge is 2.14. The lowest BCUT2D eigenvalue weighted by atomic mass is 10.0. The summed E-state index contributed by atoms with van der Waals surface area (Å²) in [6.07, 6.45) is 1.52. The number of rotatable bonds is 8. The molecule has 0 aromatic heterocycles. The predicted molar refractivity (Wildman–Crippen MR) is 135 cm³/mol. The number of amides is 1. The Morgan fingerprint density at radius 2 is 1.80 bits per heavy atom. The van der Waals surface area contributed by atoms with Gasteiger partial charge in [0.1, 0.15) is 35.6 Å². The Morgan fingerprint density at radius 3 is 2.54 bits per heavy atom. The van der Waals surface area contributed by atoms with Gasteiger partial charge in [-0.05, 0) is 71.8 Å². The standard InChI is InChI=1S/C29H23FN2O3/c1-2-34-25-13-11-24(12-14-25)32-29(33)22(18-31)17-27-26-9-4-3-7-21(26)10-15-28(27)35-19-20-6-5-8-23(30)16-20/h3-17H,2,19H2,1H3,(H,32,33)/b22-17+. The maximum atomic E-state index is 13.6. The lowest BCUT2D eigenvalue weighted by Crippen LogP contribution is -2.13. The van der Waals surface area contributed by atoms with E-state index in [9.17, 15) is 14.4 Å². The number of nitriles is 1. The van der Waals surface area contributed by atoms with Crippen LogP contribution in [0.5, 0.6) is 11.5 Å². The molecule has 4 aromatic rings. The molecule has 0 bridgehead atoms. The number of carbonyl (C=O) groups excluding carboxylic acids is 1. The molecular weight excluding hydrogens is 443 g/mol. The first-order chi connectivity index (χ1) is 17.1. The normalized spacial score (nSPS) is 11.1. The lowest BCUT2D eigenvalue weighted by molar-refractivity contribution is -0.112. The van der Waals surface area contributed by atoms with Crippen LogP contribution in [0.3, 0.4) is 0 Å². The van der Waals surface area contributed by atoms with Crippen molar-refractivity contribution in [2.45, 2.75) is 13.5 Å². The molecule has 0 aliphatic heterocycles. The minimum atomic E-state index is -0.541. The van der Waals surface area contributed by atoms with Crippen LogP contribution in [0, 0.1) is 17.1 Å². The summed E-state index contributed by atoms with van der Waals surface area (Å²) < 4.78 is 25.0. The molecule has 35 heavy (non-hydrogen) atoms. The second kappa shape index (κ2) is 11.0. The Kier molecular flexibility index (Phi) is 7.39. The molecular formula is C29H23FN2O3. The van der Waals surface area contributed by atoms with E-state index in [0.29, 0.717) is 34.9 Å². The van der Waals surface area contributed by atoms with Gasteiger partial charge in [-0.3, -0.25) is 4.79 Å². The molecule has 0 aliphatic carbocycles. The molecule has 1 amide bonds. The highest BCUT2D eigenvalue weighted by atomic mass is 19.1. The average Bonchev–Trinajstić information content (AvgIpc) is 2.87. The summed E-state index contributed by atoms with van der Waals surface area (Å²) in [7, 11) is 0. The molecule has 0 fully saturated rings. The van der Waals surface area contributed by atoms with Crippen molar-refractivity contribution < 1.29 is 18.7 Å². The molecule has 0 unspecified atom stereocenters. The summed E-state index contributed by atoms with van der Waals surface area (Å²) >= 11 is 0. The summed E-state index contributed by atoms with van der Waals surface area (Å²) in [4.78, 5) is 12.9. The van der Waals surface area contributed by atoms with Gasteiger partial charge in [-0.15, -0.1) is 0 Å². The van der Waals surface area contributed by atoms with E-state index in [1.54, 1.807) is 42.5 Å². The minimum Gasteiger partial charge on any atom is -0.494 e. The third-order valence-electron chi connectivity index (χ3n) is 5.29. The highest BCUT2D eigenvalue weighted by Crippen LogP contribution is 2.31. The van der Waals surface area contributed by atoms with Crippen molar-refractivity contribution in [1.29, 1.82) is 5.26 Å². The van der Waals surface area contributed by atoms with Gasteiger partial charge in [-0.2, -0.15) is 5.26 Å². The molecule has 174 valence electrons. The molecule has 0 aliphatic rings. The number of hydrogen-bond donors (Lipinski definition) is 1. The van der Waals surface area contributed by atoms with Crippen molar-refractivity contribution in [3.63, 3.8) is 0 Å². The van der Waals surface area contributed by atoms with Crippen LogP contribution in [0.1, 0.15) is 18.1 Å². The van der Waals surface area contributed by atoms with Crippen LogP contribution in [0.15, 0.2) is 90.5 Å². The Balaban J connectivity index is 1.65. The summed E-state index contributed by atoms with van der Waals surface area (Å²) in [6.45, 7) is 2.57. The SMILES string of the molecule is CCOc1ccc(NC(=O)/C(C#N)=C/c2c(OCc3cccc(F)c3)ccc3ccccc23)cc1. The van der Waals surface area contributed by atoms with Gasteiger partial charge in [-0.1, -0.05) is 42.5 Å². The Morgan fingerprint density at radius 1 is 1.00 bits per heavy atom. The van der Waals surface area contributed by atoms with E-state index in [2.05, 4.69) is 5.32 Å². The van der Waals surface area contributed by atoms with E-state index >= 15 is 0 Å². The average molecular weight is 467 g/mol. The fourth-order valence-electron chi connectivity index (χ4n) is 3.63. The Hall–Kier alpha value is -4.63. The van der Waals surface area contributed by atoms with Crippen LogP contribution in [-0.2, 0) is 11.4 Å². The van der Waals surface area contributed by atoms with Crippen LogP contribution in [0.4, 0.5) is 10.1 Å². The smallest absolute Gasteiger partial charge is 0.266 e. The molecule has 0 spiro atoms. The number of nitrogens with zero attached hydrogens (tertiary/aromatic N) is 1. The van der Waals surface area contributed by atoms with E-state index < -0.39 is 5.91 Å². The maximum absolute atomic E-state index is 13.6. The van der Waals surface area contributed by atoms with Gasteiger partial charge in [0.2, 0.25) is 0 Å². The number of ether oxygens (including phenoxy) is 2. The molecule has 1 N–H and O–H groups in total. The van der Waals surface area contributed by atoms with Gasteiger partial charge in [0.05, 0.1) is 6.61 Å². The number of anilines is 1. The molecule has 0 atom stereocenters. The van der Waals surface area contributed by atoms with Gasteiger partial charge in [-0.25, -0.2) is 4.39 Å². The first-order valence-electron chi connectivity index (χ1n) is 11.1. The molecule has 5 nitrogen and oxygen atoms in total. The van der Waals surface area contributed by atoms with Gasteiger partial charge < -0.3 is 14.8 Å². The second-order valence-electron chi connectivity index (χ2n) is 7.70. The first-order valence-corrected chi connectivity index (χ1v) is 11.1. The molecule has 0 saturated heterocycles. The Labute approximate surface area is 203 Å². The van der Waals surface area contributed by atoms with Crippen molar-refractivity contribution >= 4 is 28.4 Å². The zero-order valence-corrected chi connectivity index (χ0v) is 19.1. The van der Waals surface area contributed by atoms with E-state index in [1.165, 1.54) is 18.2 Å². The molecule has 0 saturated carbocycles. The van der Waals surface area contributed by atoms with Crippen molar-refractivity contribution in [2.75, 3.05) is 11.9 Å². The molecule has 4 rings (SSSR count). The molecule has 6 heteroatoms. The van der Waals surface area contributed by atoms with Crippen LogP contribution >= 0.6 is 0 Å². The Bertz CT molecular complexity index is 1420. The predicted octanol–water partition coefficient (Wildman–Crippen LogP) is 6.50. The molecule has 0 heterocycles. The zero-order chi connectivity index (χ0) is 24.6. The van der Waals surface area contributed by atoms with Gasteiger partial charge in [0.25, 0.3) is 5.91 Å². The second-order valence-corrected chi connectivity index (χ2v) is 7.70. The van der Waals surface area contributed by atoms with Crippen LogP contribution in [-0.4, -0.2) is 12.5 Å². The third-order valence-corrected chi connectivity index (χ3v) is 5.29. The van der Waals surface area contributed by atoms with E-state index in [0.717, 1.165) is 10.8 Å². The van der Waals surface area contributed by atoms with Gasteiger partial charge in [0, 0.05) is 11.3 Å². The summed E-state index contributed by atoms with van der Waals surface area (Å²) in [5.41, 5.74) is 1.73. The molecule has 4 aromatic carbocycles. The van der Waals surface area contributed by atoms with E-state index in [1.807, 2.05) is 43.3 Å². The minimum absolute atomic E-state index is 0.0779. The van der Waals surface area contributed by atoms with E-state index in [-0.39, 0.29) is 18.0 Å². The van der Waals surface area contributed by atoms with Crippen LogP contribution in [0.2, 0.25) is 0 Å². The quantitative estimate of drug-likeness (QED) is 0.238. The van der Waals surface area contributed by atoms with Gasteiger partial charge >= 0.3 is 0 Å². The number of fused-ring (bicyclic) bond motifs is 1. The number of halogens is 1. The fraction of sp³-hybridized carbons (Fsp3) is 0.103. The number of benzene rings is 4. The third kappa shape index (κ3) is 5.84. The van der Waals surface area contributed by atoms with E-state index in [4.69, 9.17) is 9.47 Å². The summed E-state index contributed by atoms with van der Waals surface area (Å²) in [6, 6.07) is 26.4. The maximum Gasteiger partial charge on any atom is 0.266 e. The van der Waals surface area contributed by atoms with Crippen molar-refractivity contribution in [1.82, 2.24) is 0 Å². The number of nitrogens with one attached hydrogen (secondary N) is 1. The first kappa shape index (κ1) is 23.5. The van der Waals surface area contributed by atoms with Crippen LogP contribution in [0.25, 0.3) is 16.8 Å². The van der Waals surface area contributed by atoms with Crippen molar-refractivity contribution in [3.8, 4) is 17.6 Å².